The van der Waals surface area contributed by atoms with Crippen molar-refractivity contribution in [2.75, 3.05) is 19.7 Å². The van der Waals surface area contributed by atoms with Crippen molar-refractivity contribution in [3.8, 4) is 5.75 Å². The lowest BCUT2D eigenvalue weighted by atomic mass is 10.1. The van der Waals surface area contributed by atoms with Crippen molar-refractivity contribution in [3.05, 3.63) is 29.8 Å². The maximum absolute atomic E-state index is 12.0. The summed E-state index contributed by atoms with van der Waals surface area (Å²) in [6.45, 7) is 3.73. The van der Waals surface area contributed by atoms with Gasteiger partial charge in [-0.15, -0.1) is 0 Å². The Morgan fingerprint density at radius 1 is 1.32 bits per heavy atom. The first-order valence-electron chi connectivity index (χ1n) is 6.93. The van der Waals surface area contributed by atoms with Gasteiger partial charge in [0.1, 0.15) is 5.75 Å². The average molecular weight is 262 g/mol. The number of benzene rings is 1. The number of piperidine rings is 1. The summed E-state index contributed by atoms with van der Waals surface area (Å²) in [6.07, 6.45) is 3.42. The van der Waals surface area contributed by atoms with E-state index >= 15 is 0 Å². The molecular formula is C15H22N2O2. The van der Waals surface area contributed by atoms with Crippen molar-refractivity contribution >= 4 is 5.91 Å². The molecule has 0 unspecified atom stereocenters. The zero-order valence-corrected chi connectivity index (χ0v) is 11.5. The van der Waals surface area contributed by atoms with Crippen molar-refractivity contribution in [3.63, 3.8) is 0 Å². The highest BCUT2D eigenvalue weighted by atomic mass is 16.5. The number of amides is 1. The van der Waals surface area contributed by atoms with Crippen molar-refractivity contribution < 1.29 is 9.53 Å². The van der Waals surface area contributed by atoms with Crippen molar-refractivity contribution in [1.82, 2.24) is 4.90 Å². The van der Waals surface area contributed by atoms with Gasteiger partial charge in [0, 0.05) is 24.7 Å². The topological polar surface area (TPSA) is 55.6 Å². The van der Waals surface area contributed by atoms with E-state index in [1.54, 1.807) is 0 Å². The van der Waals surface area contributed by atoms with Crippen molar-refractivity contribution in [2.24, 2.45) is 5.73 Å². The van der Waals surface area contributed by atoms with Crippen LogP contribution in [0, 0.1) is 0 Å². The number of carbonyl (C=O) groups excluding carboxylic acids is 1. The summed E-state index contributed by atoms with van der Waals surface area (Å²) in [4.78, 5) is 13.9. The third kappa shape index (κ3) is 3.70. The van der Waals surface area contributed by atoms with E-state index < -0.39 is 0 Å². The molecule has 0 radical (unpaired) electrons. The Morgan fingerprint density at radius 3 is 2.68 bits per heavy atom. The quantitative estimate of drug-likeness (QED) is 0.904. The molecule has 0 spiro atoms. The summed E-state index contributed by atoms with van der Waals surface area (Å²) in [5.41, 5.74) is 6.83. The number of hydrogen-bond acceptors (Lipinski definition) is 3. The Balaban J connectivity index is 1.93. The first-order valence-corrected chi connectivity index (χ1v) is 6.93. The fourth-order valence-electron chi connectivity index (χ4n) is 2.36. The smallest absolute Gasteiger partial charge is 0.260 e. The third-order valence-electron chi connectivity index (χ3n) is 3.47. The number of nitrogens with zero attached hydrogens (tertiary/aromatic N) is 1. The Labute approximate surface area is 114 Å². The largest absolute Gasteiger partial charge is 0.483 e. The van der Waals surface area contributed by atoms with E-state index in [9.17, 15) is 4.79 Å². The van der Waals surface area contributed by atoms with Gasteiger partial charge in [0.15, 0.2) is 6.61 Å². The van der Waals surface area contributed by atoms with E-state index in [0.29, 0.717) is 5.75 Å². The van der Waals surface area contributed by atoms with Crippen LogP contribution in [0.1, 0.15) is 37.8 Å². The SMILES string of the molecule is C[C@H](N)c1ccccc1OCC(=O)N1CCCCC1. The summed E-state index contributed by atoms with van der Waals surface area (Å²) < 4.78 is 5.64. The van der Waals surface area contributed by atoms with Gasteiger partial charge < -0.3 is 15.4 Å². The minimum atomic E-state index is -0.0960. The monoisotopic (exact) mass is 262 g/mol. The molecule has 1 fully saturated rings. The zero-order chi connectivity index (χ0) is 13.7. The van der Waals surface area contributed by atoms with E-state index in [0.717, 1.165) is 31.5 Å². The number of likely N-dealkylation sites (tertiary alicyclic amines) is 1. The molecule has 4 heteroatoms. The molecule has 1 saturated heterocycles. The summed E-state index contributed by atoms with van der Waals surface area (Å²) in [6, 6.07) is 7.53. The molecule has 4 nitrogen and oxygen atoms in total. The van der Waals surface area contributed by atoms with Gasteiger partial charge in [0.25, 0.3) is 5.91 Å². The highest BCUT2D eigenvalue weighted by Crippen LogP contribution is 2.23. The first kappa shape index (κ1) is 13.9. The second kappa shape index (κ2) is 6.57. The molecule has 1 aliphatic rings. The van der Waals surface area contributed by atoms with Gasteiger partial charge in [-0.2, -0.15) is 0 Å². The number of hydrogen-bond donors (Lipinski definition) is 1. The van der Waals surface area contributed by atoms with Crippen LogP contribution in [-0.2, 0) is 4.79 Å². The predicted octanol–water partition coefficient (Wildman–Crippen LogP) is 2.10. The summed E-state index contributed by atoms with van der Waals surface area (Å²) in [7, 11) is 0. The molecule has 1 aromatic carbocycles. The van der Waals surface area contributed by atoms with E-state index in [1.807, 2.05) is 36.1 Å². The Kier molecular flexibility index (Phi) is 4.80. The summed E-state index contributed by atoms with van der Waals surface area (Å²) in [5, 5.41) is 0. The van der Waals surface area contributed by atoms with Crippen LogP contribution in [0.5, 0.6) is 5.75 Å². The Hall–Kier alpha value is -1.55. The number of carbonyl (C=O) groups is 1. The molecule has 0 saturated carbocycles. The lowest BCUT2D eigenvalue weighted by molar-refractivity contribution is -0.134. The molecule has 0 aromatic heterocycles. The molecule has 2 N–H and O–H groups in total. The van der Waals surface area contributed by atoms with Gasteiger partial charge in [-0.3, -0.25) is 4.79 Å². The molecule has 104 valence electrons. The minimum absolute atomic E-state index is 0.0687. The van der Waals surface area contributed by atoms with Gasteiger partial charge >= 0.3 is 0 Å². The fraction of sp³-hybridized carbons (Fsp3) is 0.533. The van der Waals surface area contributed by atoms with Crippen molar-refractivity contribution in [1.29, 1.82) is 0 Å². The molecule has 1 amide bonds. The minimum Gasteiger partial charge on any atom is -0.483 e. The molecule has 1 aromatic rings. The molecule has 1 aliphatic heterocycles. The van der Waals surface area contributed by atoms with E-state index in [-0.39, 0.29) is 18.6 Å². The Bertz CT molecular complexity index is 426. The number of nitrogens with two attached hydrogens (primary N) is 1. The van der Waals surface area contributed by atoms with Crippen molar-refractivity contribution in [2.45, 2.75) is 32.2 Å². The van der Waals surface area contributed by atoms with Crippen LogP contribution in [0.25, 0.3) is 0 Å². The lowest BCUT2D eigenvalue weighted by Crippen LogP contribution is -2.38. The molecule has 1 heterocycles. The normalized spacial score (nSPS) is 17.1. The van der Waals surface area contributed by atoms with Gasteiger partial charge in [0.05, 0.1) is 0 Å². The highest BCUT2D eigenvalue weighted by molar-refractivity contribution is 5.77. The second-order valence-electron chi connectivity index (χ2n) is 5.06. The van der Waals surface area contributed by atoms with Gasteiger partial charge in [-0.05, 0) is 32.3 Å². The lowest BCUT2D eigenvalue weighted by Gasteiger charge is -2.26. The van der Waals surface area contributed by atoms with E-state index in [4.69, 9.17) is 10.5 Å². The molecule has 0 bridgehead atoms. The maximum Gasteiger partial charge on any atom is 0.260 e. The van der Waals surface area contributed by atoms with Gasteiger partial charge in [-0.25, -0.2) is 0 Å². The highest BCUT2D eigenvalue weighted by Gasteiger charge is 2.17. The molecule has 19 heavy (non-hydrogen) atoms. The van der Waals surface area contributed by atoms with Crippen LogP contribution in [0.15, 0.2) is 24.3 Å². The average Bonchev–Trinajstić information content (AvgIpc) is 2.46. The Morgan fingerprint density at radius 2 is 2.00 bits per heavy atom. The second-order valence-corrected chi connectivity index (χ2v) is 5.06. The van der Waals surface area contributed by atoms with Crippen LogP contribution >= 0.6 is 0 Å². The number of ether oxygens (including phenoxy) is 1. The number of rotatable bonds is 4. The van der Waals surface area contributed by atoms with Crippen LogP contribution in [0.2, 0.25) is 0 Å². The summed E-state index contributed by atoms with van der Waals surface area (Å²) >= 11 is 0. The molecule has 2 rings (SSSR count). The summed E-state index contributed by atoms with van der Waals surface area (Å²) in [5.74, 6) is 0.780. The van der Waals surface area contributed by atoms with Crippen LogP contribution in [0.4, 0.5) is 0 Å². The van der Waals surface area contributed by atoms with Crippen LogP contribution in [0.3, 0.4) is 0 Å². The van der Waals surface area contributed by atoms with Gasteiger partial charge in [-0.1, -0.05) is 18.2 Å². The van der Waals surface area contributed by atoms with Crippen LogP contribution < -0.4 is 10.5 Å². The van der Waals surface area contributed by atoms with E-state index in [2.05, 4.69) is 0 Å². The zero-order valence-electron chi connectivity index (χ0n) is 11.5. The van der Waals surface area contributed by atoms with E-state index in [1.165, 1.54) is 6.42 Å². The first-order chi connectivity index (χ1) is 9.18. The predicted molar refractivity (Wildman–Crippen MR) is 75.0 cm³/mol. The fourth-order valence-corrected chi connectivity index (χ4v) is 2.36. The molecular weight excluding hydrogens is 240 g/mol. The molecule has 1 atom stereocenters. The number of para-hydroxylation sites is 1. The maximum atomic E-state index is 12.0. The van der Waals surface area contributed by atoms with Crippen LogP contribution in [-0.4, -0.2) is 30.5 Å². The molecule has 0 aliphatic carbocycles. The third-order valence-corrected chi connectivity index (χ3v) is 3.47. The standard InChI is InChI=1S/C15H22N2O2/c1-12(16)13-7-3-4-8-14(13)19-11-15(18)17-9-5-2-6-10-17/h3-4,7-8,12H,2,5-6,9-11,16H2,1H3/t12-/m0/s1. The van der Waals surface area contributed by atoms with Gasteiger partial charge in [0.2, 0.25) is 0 Å².